The van der Waals surface area contributed by atoms with Crippen molar-refractivity contribution in [1.82, 2.24) is 5.43 Å². The van der Waals surface area contributed by atoms with Gasteiger partial charge in [-0.05, 0) is 12.3 Å². The number of hydrazine groups is 1. The predicted molar refractivity (Wildman–Crippen MR) is 29.7 cm³/mol. The van der Waals surface area contributed by atoms with Crippen molar-refractivity contribution >= 4 is 6.09 Å². The maximum atomic E-state index is 10.3. The molecule has 1 amide bonds. The zero-order valence-corrected chi connectivity index (χ0v) is 5.38. The third-order valence-electron chi connectivity index (χ3n) is 0.524. The zero-order chi connectivity index (χ0) is 7.28. The molecule has 0 aliphatic carbocycles. The predicted octanol–water partition coefficient (Wildman–Crippen LogP) is 0.0562. The lowest BCUT2D eigenvalue weighted by Gasteiger charge is -1.93. The third kappa shape index (κ3) is 4.73. The summed E-state index contributed by atoms with van der Waals surface area (Å²) < 4.78 is 4.36. The maximum absolute atomic E-state index is 10.3. The molecule has 52 valence electrons. The number of nitrogens with zero attached hydrogens (tertiary/aromatic N) is 1. The van der Waals surface area contributed by atoms with E-state index in [1.807, 2.05) is 5.43 Å². The van der Waals surface area contributed by atoms with Gasteiger partial charge in [0.1, 0.15) is 4.87 Å². The van der Waals surface area contributed by atoms with E-state index in [1.165, 1.54) is 0 Å². The van der Waals surface area contributed by atoms with Crippen LogP contribution in [0.4, 0.5) is 4.79 Å². The lowest BCUT2D eigenvalue weighted by Crippen LogP contribution is -2.30. The number of carbonyl (C=O) groups is 1. The lowest BCUT2D eigenvalue weighted by molar-refractivity contribution is -0.566. The van der Waals surface area contributed by atoms with E-state index in [2.05, 4.69) is 4.74 Å². The highest BCUT2D eigenvalue weighted by Crippen LogP contribution is 1.73. The molecule has 0 aromatic heterocycles. The fourth-order valence-corrected chi connectivity index (χ4v) is 0.292. The van der Waals surface area contributed by atoms with Crippen molar-refractivity contribution in [2.24, 2.45) is 0 Å². The molecule has 0 saturated heterocycles. The molecule has 0 fully saturated rings. The molecule has 0 aromatic carbocycles. The second kappa shape index (κ2) is 3.82. The molecule has 0 bridgehead atoms. The molecule has 0 atom stereocenters. The smallest absolute Gasteiger partial charge is 0.446 e. The molecular weight excluding hydrogens is 124 g/mol. The fourth-order valence-electron chi connectivity index (χ4n) is 0.292. The summed E-state index contributed by atoms with van der Waals surface area (Å²) in [7, 11) is 1.16. The number of ether oxygens (including phenoxy) is 1. The van der Waals surface area contributed by atoms with Gasteiger partial charge in [0.05, 0.1) is 11.5 Å². The zero-order valence-electron chi connectivity index (χ0n) is 5.38. The number of rotatable bonds is 2. The molecule has 1 N–H and O–H groups in total. The van der Waals surface area contributed by atoms with Gasteiger partial charge in [0.15, 0.2) is 0 Å². The first kappa shape index (κ1) is 7.87. The van der Waals surface area contributed by atoms with Crippen LogP contribution in [0.2, 0.25) is 0 Å². The monoisotopic (exact) mass is 133 g/mol. The lowest BCUT2D eigenvalue weighted by atomic mass is 10.9. The number of nitrogens with one attached hydrogen (secondary N) is 1. The van der Waals surface area contributed by atoms with E-state index in [4.69, 9.17) is 0 Å². The molecule has 0 spiro atoms. The Morgan fingerprint density at radius 1 is 1.78 bits per heavy atom. The van der Waals surface area contributed by atoms with Gasteiger partial charge >= 0.3 is 6.09 Å². The summed E-state index contributed by atoms with van der Waals surface area (Å²) in [6.07, 6.45) is -0.727. The Morgan fingerprint density at radius 3 is 2.67 bits per heavy atom. The standard InChI is InChI=1S/C4H8N2O3/c1-3-9-4(7)5-6(2)8/h3H2,1-2H3/p+1. The van der Waals surface area contributed by atoms with Crippen molar-refractivity contribution in [1.29, 1.82) is 0 Å². The van der Waals surface area contributed by atoms with Crippen LogP contribution in [-0.4, -0.2) is 24.6 Å². The molecular formula is C4H9N2O3+. The molecule has 0 saturated carbocycles. The van der Waals surface area contributed by atoms with E-state index in [9.17, 15) is 9.70 Å². The molecule has 0 unspecified atom stereocenters. The summed E-state index contributed by atoms with van der Waals surface area (Å²) in [5.41, 5.74) is 1.86. The van der Waals surface area contributed by atoms with Gasteiger partial charge in [-0.25, -0.2) is 4.79 Å². The molecule has 0 heterocycles. The summed E-state index contributed by atoms with van der Waals surface area (Å²) in [4.78, 5) is 20.6. The summed E-state index contributed by atoms with van der Waals surface area (Å²) in [5.74, 6) is 0. The highest BCUT2D eigenvalue weighted by atomic mass is 16.6. The fraction of sp³-hybridized carbons (Fsp3) is 0.750. The Morgan fingerprint density at radius 2 is 2.33 bits per heavy atom. The van der Waals surface area contributed by atoms with E-state index in [1.54, 1.807) is 6.92 Å². The minimum absolute atomic E-state index is 0.264. The average Bonchev–Trinajstić information content (AvgIpc) is 1.63. The topological polar surface area (TPSA) is 58.4 Å². The van der Waals surface area contributed by atoms with Gasteiger partial charge in [0.2, 0.25) is 7.05 Å². The molecule has 5 nitrogen and oxygen atoms in total. The van der Waals surface area contributed by atoms with E-state index >= 15 is 0 Å². The van der Waals surface area contributed by atoms with Crippen molar-refractivity contribution in [3.05, 3.63) is 4.91 Å². The van der Waals surface area contributed by atoms with Crippen molar-refractivity contribution in [3.63, 3.8) is 0 Å². The summed E-state index contributed by atoms with van der Waals surface area (Å²) in [6, 6.07) is 0. The Labute approximate surface area is 52.5 Å². The number of nitroso groups, excluding NO2 is 1. The Balaban J connectivity index is 3.39. The number of amides is 1. The SMILES string of the molecule is CCOC(=O)N[N+](C)=O. The second-order valence-electron chi connectivity index (χ2n) is 1.33. The molecule has 0 rings (SSSR count). The van der Waals surface area contributed by atoms with Crippen LogP contribution in [-0.2, 0) is 4.74 Å². The van der Waals surface area contributed by atoms with Crippen LogP contribution in [0.5, 0.6) is 0 Å². The molecule has 0 aliphatic rings. The number of hydrogen-bond donors (Lipinski definition) is 1. The van der Waals surface area contributed by atoms with Crippen LogP contribution in [0.15, 0.2) is 0 Å². The minimum atomic E-state index is -0.727. The summed E-state index contributed by atoms with van der Waals surface area (Å²) in [5, 5.41) is 0. The van der Waals surface area contributed by atoms with Crippen molar-refractivity contribution < 1.29 is 14.4 Å². The first-order chi connectivity index (χ1) is 4.16. The van der Waals surface area contributed by atoms with E-state index < -0.39 is 6.09 Å². The maximum Gasteiger partial charge on any atom is 0.464 e. The van der Waals surface area contributed by atoms with Crippen LogP contribution < -0.4 is 5.43 Å². The Bertz CT molecular complexity index is 123. The third-order valence-corrected chi connectivity index (χ3v) is 0.524. The van der Waals surface area contributed by atoms with Crippen LogP contribution in [0.1, 0.15) is 6.92 Å². The number of carbonyl (C=O) groups excluding carboxylic acids is 1. The van der Waals surface area contributed by atoms with Crippen molar-refractivity contribution in [3.8, 4) is 0 Å². The van der Waals surface area contributed by atoms with Gasteiger partial charge < -0.3 is 4.74 Å². The summed E-state index contributed by atoms with van der Waals surface area (Å²) in [6.45, 7) is 1.92. The molecule has 0 radical (unpaired) electrons. The van der Waals surface area contributed by atoms with E-state index in [0.29, 0.717) is 0 Å². The molecule has 9 heavy (non-hydrogen) atoms. The summed E-state index contributed by atoms with van der Waals surface area (Å²) >= 11 is 0. The quantitative estimate of drug-likeness (QED) is 0.428. The van der Waals surface area contributed by atoms with Crippen molar-refractivity contribution in [2.45, 2.75) is 6.92 Å². The molecule has 0 aromatic rings. The van der Waals surface area contributed by atoms with Gasteiger partial charge in [0, 0.05) is 0 Å². The van der Waals surface area contributed by atoms with Crippen LogP contribution in [0.3, 0.4) is 0 Å². The number of hydrogen-bond acceptors (Lipinski definition) is 3. The van der Waals surface area contributed by atoms with Crippen molar-refractivity contribution in [2.75, 3.05) is 13.7 Å². The van der Waals surface area contributed by atoms with Gasteiger partial charge in [-0.1, -0.05) is 0 Å². The minimum Gasteiger partial charge on any atom is -0.446 e. The normalized spacial score (nSPS) is 8.22. The molecule has 5 heteroatoms. The van der Waals surface area contributed by atoms with Crippen LogP contribution in [0.25, 0.3) is 0 Å². The Kier molecular flexibility index (Phi) is 3.34. The largest absolute Gasteiger partial charge is 0.464 e. The Hall–Kier alpha value is -1.13. The first-order valence-electron chi connectivity index (χ1n) is 2.51. The average molecular weight is 133 g/mol. The van der Waals surface area contributed by atoms with E-state index in [-0.39, 0.29) is 11.5 Å². The van der Waals surface area contributed by atoms with Gasteiger partial charge in [0.25, 0.3) is 0 Å². The van der Waals surface area contributed by atoms with Gasteiger partial charge in [-0.2, -0.15) is 0 Å². The highest BCUT2D eigenvalue weighted by Gasteiger charge is 2.06. The highest BCUT2D eigenvalue weighted by molar-refractivity contribution is 5.65. The molecule has 0 aliphatic heterocycles. The van der Waals surface area contributed by atoms with Gasteiger partial charge in [-0.15, -0.1) is 0 Å². The van der Waals surface area contributed by atoms with E-state index in [0.717, 1.165) is 7.05 Å². The first-order valence-corrected chi connectivity index (χ1v) is 2.51. The van der Waals surface area contributed by atoms with Gasteiger partial charge in [-0.3, -0.25) is 0 Å². The van der Waals surface area contributed by atoms with Crippen LogP contribution in [0, 0.1) is 4.91 Å². The van der Waals surface area contributed by atoms with Crippen LogP contribution >= 0.6 is 0 Å². The second-order valence-corrected chi connectivity index (χ2v) is 1.33.